The molecule has 32 heavy (non-hydrogen) atoms. The first kappa shape index (κ1) is 26.5. The summed E-state index contributed by atoms with van der Waals surface area (Å²) >= 11 is 0. The van der Waals surface area contributed by atoms with Crippen molar-refractivity contribution in [2.24, 2.45) is 4.99 Å². The van der Waals surface area contributed by atoms with Crippen molar-refractivity contribution in [3.8, 4) is 11.5 Å². The van der Waals surface area contributed by atoms with Crippen molar-refractivity contribution < 1.29 is 19.4 Å². The number of rotatable bonds is 9. The van der Waals surface area contributed by atoms with Crippen LogP contribution in [0.2, 0.25) is 0 Å². The first-order valence-electron chi connectivity index (χ1n) is 11.0. The molecule has 1 atom stereocenters. The number of methoxy groups -OCH3 is 2. The van der Waals surface area contributed by atoms with Crippen molar-refractivity contribution in [3.05, 3.63) is 23.8 Å². The van der Waals surface area contributed by atoms with Crippen molar-refractivity contribution in [1.29, 1.82) is 0 Å². The molecule has 0 aromatic heterocycles. The summed E-state index contributed by atoms with van der Waals surface area (Å²) in [7, 11) is 3.17. The van der Waals surface area contributed by atoms with Gasteiger partial charge >= 0.3 is 0 Å². The van der Waals surface area contributed by atoms with E-state index in [9.17, 15) is 9.90 Å². The van der Waals surface area contributed by atoms with Crippen LogP contribution in [-0.4, -0.2) is 92.8 Å². The van der Waals surface area contributed by atoms with E-state index in [1.54, 1.807) is 32.4 Å². The van der Waals surface area contributed by atoms with Gasteiger partial charge in [0.2, 0.25) is 5.91 Å². The van der Waals surface area contributed by atoms with Crippen molar-refractivity contribution in [3.63, 3.8) is 0 Å². The molecule has 0 bridgehead atoms. The summed E-state index contributed by atoms with van der Waals surface area (Å²) in [4.78, 5) is 21.1. The predicted molar refractivity (Wildman–Crippen MR) is 135 cm³/mol. The minimum atomic E-state index is -0.814. The van der Waals surface area contributed by atoms with Gasteiger partial charge in [-0.3, -0.25) is 14.7 Å². The molecule has 1 aromatic carbocycles. The Hall–Kier alpha value is -1.79. The molecular formula is C22H36IN5O4. The standard InChI is InChI=1S/C22H35N5O4.HI/c1-4-23-22(24-14-19(28)18-13-17(30-2)7-8-20(18)31-3)27-11-9-26(10-12-27)15-21(29)25-16-5-6-16;/h7-8,13,16,19,28H,4-6,9-12,14-15H2,1-3H3,(H,23,24)(H,25,29);1H. The average molecular weight is 561 g/mol. The van der Waals surface area contributed by atoms with Crippen molar-refractivity contribution in [1.82, 2.24) is 20.4 Å². The SMILES string of the molecule is CCNC(=NCC(O)c1cc(OC)ccc1OC)N1CCN(CC(=O)NC2CC2)CC1.I. The van der Waals surface area contributed by atoms with E-state index in [1.807, 2.05) is 6.92 Å². The summed E-state index contributed by atoms with van der Waals surface area (Å²) in [5.41, 5.74) is 0.646. The van der Waals surface area contributed by atoms with E-state index in [2.05, 4.69) is 25.4 Å². The highest BCUT2D eigenvalue weighted by atomic mass is 127. The van der Waals surface area contributed by atoms with Gasteiger partial charge in [-0.2, -0.15) is 0 Å². The molecular weight excluding hydrogens is 525 g/mol. The first-order valence-corrected chi connectivity index (χ1v) is 11.0. The summed E-state index contributed by atoms with van der Waals surface area (Å²) in [5.74, 6) is 2.15. The van der Waals surface area contributed by atoms with Gasteiger partial charge in [-0.05, 0) is 38.0 Å². The number of aliphatic hydroxyl groups is 1. The molecule has 0 radical (unpaired) electrons. The summed E-state index contributed by atoms with van der Waals surface area (Å²) < 4.78 is 10.6. The quantitative estimate of drug-likeness (QED) is 0.237. The van der Waals surface area contributed by atoms with E-state index in [-0.39, 0.29) is 36.4 Å². The summed E-state index contributed by atoms with van der Waals surface area (Å²) in [6.45, 7) is 6.57. The molecule has 1 heterocycles. The average Bonchev–Trinajstić information content (AvgIpc) is 3.60. The Kier molecular flexibility index (Phi) is 10.8. The number of nitrogens with zero attached hydrogens (tertiary/aromatic N) is 3. The Morgan fingerprint density at radius 1 is 1.22 bits per heavy atom. The second kappa shape index (κ2) is 13.0. The van der Waals surface area contributed by atoms with Crippen LogP contribution in [-0.2, 0) is 4.79 Å². The first-order chi connectivity index (χ1) is 15.0. The van der Waals surface area contributed by atoms with Gasteiger partial charge in [0.15, 0.2) is 5.96 Å². The molecule has 0 spiro atoms. The number of amides is 1. The number of hydrogen-bond donors (Lipinski definition) is 3. The molecule has 180 valence electrons. The van der Waals surface area contributed by atoms with E-state index >= 15 is 0 Å². The fourth-order valence-corrected chi connectivity index (χ4v) is 3.62. The summed E-state index contributed by atoms with van der Waals surface area (Å²) in [6, 6.07) is 5.76. The highest BCUT2D eigenvalue weighted by Gasteiger charge is 2.26. The van der Waals surface area contributed by atoms with Crippen LogP contribution in [0.25, 0.3) is 0 Å². The van der Waals surface area contributed by atoms with Crippen LogP contribution in [0.4, 0.5) is 0 Å². The lowest BCUT2D eigenvalue weighted by Gasteiger charge is -2.36. The third kappa shape index (κ3) is 7.66. The number of aliphatic hydroxyl groups excluding tert-OH is 1. The van der Waals surface area contributed by atoms with E-state index in [0.29, 0.717) is 29.6 Å². The second-order valence-corrected chi connectivity index (χ2v) is 7.92. The van der Waals surface area contributed by atoms with Gasteiger partial charge in [-0.1, -0.05) is 0 Å². The lowest BCUT2D eigenvalue weighted by atomic mass is 10.1. The monoisotopic (exact) mass is 561 g/mol. The van der Waals surface area contributed by atoms with Gasteiger partial charge in [0, 0.05) is 44.3 Å². The zero-order chi connectivity index (χ0) is 22.2. The van der Waals surface area contributed by atoms with Crippen LogP contribution >= 0.6 is 24.0 Å². The lowest BCUT2D eigenvalue weighted by Crippen LogP contribution is -2.54. The molecule has 2 fully saturated rings. The van der Waals surface area contributed by atoms with Crippen LogP contribution < -0.4 is 20.1 Å². The normalized spacial score (nSPS) is 17.9. The number of ether oxygens (including phenoxy) is 2. The van der Waals surface area contributed by atoms with Crippen LogP contribution in [0, 0.1) is 0 Å². The number of piperazine rings is 1. The Balaban J connectivity index is 0.00000363. The minimum absolute atomic E-state index is 0. The van der Waals surface area contributed by atoms with Gasteiger partial charge in [-0.25, -0.2) is 0 Å². The van der Waals surface area contributed by atoms with Crippen LogP contribution in [0.1, 0.15) is 31.4 Å². The van der Waals surface area contributed by atoms with Crippen LogP contribution in [0.15, 0.2) is 23.2 Å². The van der Waals surface area contributed by atoms with Crippen molar-refractivity contribution in [2.75, 3.05) is 60.0 Å². The Morgan fingerprint density at radius 2 is 1.94 bits per heavy atom. The Morgan fingerprint density at radius 3 is 2.53 bits per heavy atom. The number of carbonyl (C=O) groups excluding carboxylic acids is 1. The Labute approximate surface area is 207 Å². The minimum Gasteiger partial charge on any atom is -0.497 e. The number of benzene rings is 1. The molecule has 1 saturated carbocycles. The van der Waals surface area contributed by atoms with Crippen molar-refractivity contribution in [2.45, 2.75) is 31.9 Å². The maximum Gasteiger partial charge on any atom is 0.234 e. The number of hydrogen-bond acceptors (Lipinski definition) is 6. The number of aliphatic imine (C=N–C) groups is 1. The fraction of sp³-hybridized carbons (Fsp3) is 0.636. The number of carbonyl (C=O) groups is 1. The summed E-state index contributed by atoms with van der Waals surface area (Å²) in [6.07, 6.45) is 1.40. The van der Waals surface area contributed by atoms with Gasteiger partial charge in [0.25, 0.3) is 0 Å². The van der Waals surface area contributed by atoms with E-state index in [1.165, 1.54) is 0 Å². The molecule has 2 aliphatic rings. The van der Waals surface area contributed by atoms with Crippen molar-refractivity contribution >= 4 is 35.8 Å². The fourth-order valence-electron chi connectivity index (χ4n) is 3.62. The third-order valence-electron chi connectivity index (χ3n) is 5.53. The maximum absolute atomic E-state index is 12.0. The van der Waals surface area contributed by atoms with Gasteiger partial charge in [0.1, 0.15) is 17.6 Å². The highest BCUT2D eigenvalue weighted by Crippen LogP contribution is 2.29. The molecule has 9 nitrogen and oxygen atoms in total. The zero-order valence-corrected chi connectivity index (χ0v) is 21.5. The van der Waals surface area contributed by atoms with Crippen LogP contribution in [0.5, 0.6) is 11.5 Å². The highest BCUT2D eigenvalue weighted by molar-refractivity contribution is 14.0. The Bertz CT molecular complexity index is 767. The predicted octanol–water partition coefficient (Wildman–Crippen LogP) is 1.22. The zero-order valence-electron chi connectivity index (χ0n) is 19.2. The molecule has 1 aliphatic heterocycles. The van der Waals surface area contributed by atoms with Gasteiger partial charge in [0.05, 0.1) is 27.3 Å². The van der Waals surface area contributed by atoms with Crippen LogP contribution in [0.3, 0.4) is 0 Å². The smallest absolute Gasteiger partial charge is 0.234 e. The van der Waals surface area contributed by atoms with E-state index in [0.717, 1.165) is 51.5 Å². The summed E-state index contributed by atoms with van der Waals surface area (Å²) in [5, 5.41) is 17.1. The molecule has 1 unspecified atom stereocenters. The molecule has 1 amide bonds. The number of halogens is 1. The molecule has 10 heteroatoms. The maximum atomic E-state index is 12.0. The molecule has 1 aromatic rings. The molecule has 3 rings (SSSR count). The van der Waals surface area contributed by atoms with Gasteiger partial charge in [-0.15, -0.1) is 24.0 Å². The second-order valence-electron chi connectivity index (χ2n) is 7.92. The third-order valence-corrected chi connectivity index (χ3v) is 5.53. The number of guanidine groups is 1. The molecule has 1 aliphatic carbocycles. The number of nitrogens with one attached hydrogen (secondary N) is 2. The molecule has 3 N–H and O–H groups in total. The molecule has 1 saturated heterocycles. The lowest BCUT2D eigenvalue weighted by molar-refractivity contribution is -0.122. The van der Waals surface area contributed by atoms with Gasteiger partial charge < -0.3 is 30.1 Å². The van der Waals surface area contributed by atoms with E-state index < -0.39 is 6.10 Å². The topological polar surface area (TPSA) is 98.7 Å². The van der Waals surface area contributed by atoms with E-state index in [4.69, 9.17) is 9.47 Å². The largest absolute Gasteiger partial charge is 0.497 e.